The summed E-state index contributed by atoms with van der Waals surface area (Å²) in [6, 6.07) is 15.2. The molecule has 0 radical (unpaired) electrons. The fraction of sp³-hybridized carbons (Fsp3) is 0.400. The maximum atomic E-state index is 13.4. The summed E-state index contributed by atoms with van der Waals surface area (Å²) in [5.41, 5.74) is 0.571. The van der Waals surface area contributed by atoms with Crippen molar-refractivity contribution in [2.75, 3.05) is 25.5 Å². The van der Waals surface area contributed by atoms with Crippen LogP contribution in [0.2, 0.25) is 0 Å². The molecule has 1 unspecified atom stereocenters. The number of methoxy groups -OCH3 is 1. The Balaban J connectivity index is 2.25. The topological polar surface area (TPSA) is 97.0 Å². The van der Waals surface area contributed by atoms with E-state index in [2.05, 4.69) is 10.6 Å². The van der Waals surface area contributed by atoms with E-state index < -0.39 is 17.7 Å². The van der Waals surface area contributed by atoms with E-state index in [1.54, 1.807) is 64.3 Å². The maximum absolute atomic E-state index is 13.4. The van der Waals surface area contributed by atoms with Crippen molar-refractivity contribution in [3.63, 3.8) is 0 Å². The molecule has 2 aromatic rings. The number of anilines is 1. The molecule has 0 spiro atoms. The largest absolute Gasteiger partial charge is 0.497 e. The van der Waals surface area contributed by atoms with E-state index in [-0.39, 0.29) is 18.4 Å². The van der Waals surface area contributed by atoms with Crippen molar-refractivity contribution in [1.29, 1.82) is 0 Å². The number of carbonyl (C=O) groups excluding carboxylic acids is 3. The molecule has 0 saturated heterocycles. The number of benzene rings is 2. The maximum Gasteiger partial charge on any atom is 0.408 e. The van der Waals surface area contributed by atoms with Gasteiger partial charge in [-0.05, 0) is 57.0 Å². The van der Waals surface area contributed by atoms with Gasteiger partial charge >= 0.3 is 6.09 Å². The first kappa shape index (κ1) is 25.7. The van der Waals surface area contributed by atoms with Gasteiger partial charge < -0.3 is 25.0 Å². The average Bonchev–Trinajstić information content (AvgIpc) is 2.77. The van der Waals surface area contributed by atoms with Crippen LogP contribution in [0.15, 0.2) is 54.6 Å². The van der Waals surface area contributed by atoms with Gasteiger partial charge in [0.05, 0.1) is 7.11 Å². The molecule has 0 saturated carbocycles. The van der Waals surface area contributed by atoms with Gasteiger partial charge in [0.15, 0.2) is 0 Å². The molecule has 33 heavy (non-hydrogen) atoms. The molecule has 178 valence electrons. The molecule has 2 N–H and O–H groups in total. The zero-order valence-corrected chi connectivity index (χ0v) is 19.9. The molecule has 0 aliphatic heterocycles. The molecule has 0 aromatic heterocycles. The zero-order valence-electron chi connectivity index (χ0n) is 19.9. The van der Waals surface area contributed by atoms with Crippen LogP contribution < -0.4 is 15.4 Å². The third kappa shape index (κ3) is 8.14. The highest BCUT2D eigenvalue weighted by atomic mass is 16.6. The Morgan fingerprint density at radius 1 is 1.00 bits per heavy atom. The van der Waals surface area contributed by atoms with Crippen molar-refractivity contribution < 1.29 is 23.9 Å². The number of nitrogens with one attached hydrogen (secondary N) is 2. The first-order chi connectivity index (χ1) is 15.6. The molecule has 8 heteroatoms. The zero-order chi connectivity index (χ0) is 24.4. The van der Waals surface area contributed by atoms with Crippen molar-refractivity contribution in [2.24, 2.45) is 0 Å². The van der Waals surface area contributed by atoms with Crippen LogP contribution in [0.25, 0.3) is 0 Å². The van der Waals surface area contributed by atoms with Crippen molar-refractivity contribution >= 4 is 23.6 Å². The van der Waals surface area contributed by atoms with E-state index >= 15 is 0 Å². The van der Waals surface area contributed by atoms with E-state index in [9.17, 15) is 14.4 Å². The Morgan fingerprint density at radius 2 is 1.64 bits per heavy atom. The van der Waals surface area contributed by atoms with Gasteiger partial charge in [0.1, 0.15) is 23.9 Å². The number of hydrogen-bond donors (Lipinski definition) is 2. The van der Waals surface area contributed by atoms with E-state index in [0.717, 1.165) is 0 Å². The van der Waals surface area contributed by atoms with Gasteiger partial charge in [-0.15, -0.1) is 0 Å². The number of rotatable bonds is 9. The van der Waals surface area contributed by atoms with Crippen LogP contribution in [-0.2, 0) is 14.3 Å². The molecule has 3 amide bonds. The second kappa shape index (κ2) is 11.9. The molecular weight excluding hydrogens is 422 g/mol. The van der Waals surface area contributed by atoms with Gasteiger partial charge in [-0.2, -0.15) is 0 Å². The fourth-order valence-corrected chi connectivity index (χ4v) is 3.20. The SMILES string of the molecule is CCCN(C(=O)CNC(=O)OC(C)(C)C)C(C(=O)Nc1ccc(OC)cc1)c1ccccc1. The van der Waals surface area contributed by atoms with Crippen LogP contribution in [-0.4, -0.2) is 48.6 Å². The second-order valence-corrected chi connectivity index (χ2v) is 8.47. The summed E-state index contributed by atoms with van der Waals surface area (Å²) in [6.45, 7) is 7.20. The van der Waals surface area contributed by atoms with E-state index in [0.29, 0.717) is 30.0 Å². The summed E-state index contributed by atoms with van der Waals surface area (Å²) in [5.74, 6) is -0.0736. The highest BCUT2D eigenvalue weighted by Crippen LogP contribution is 2.24. The van der Waals surface area contributed by atoms with Crippen LogP contribution in [0.4, 0.5) is 10.5 Å². The minimum atomic E-state index is -0.874. The molecule has 8 nitrogen and oxygen atoms in total. The Bertz CT molecular complexity index is 923. The van der Waals surface area contributed by atoms with Crippen LogP contribution >= 0.6 is 0 Å². The lowest BCUT2D eigenvalue weighted by Gasteiger charge is -2.31. The van der Waals surface area contributed by atoms with Crippen molar-refractivity contribution in [3.8, 4) is 5.75 Å². The Hall–Kier alpha value is -3.55. The van der Waals surface area contributed by atoms with Gasteiger partial charge in [0.25, 0.3) is 5.91 Å². The number of ether oxygens (including phenoxy) is 2. The van der Waals surface area contributed by atoms with E-state index in [1.165, 1.54) is 4.90 Å². The fourth-order valence-electron chi connectivity index (χ4n) is 3.20. The molecule has 2 rings (SSSR count). The standard InChI is InChI=1S/C25H33N3O5/c1-6-16-28(21(29)17-26-24(31)33-25(2,3)4)22(18-10-8-7-9-11-18)23(30)27-19-12-14-20(32-5)15-13-19/h7-15,22H,6,16-17H2,1-5H3,(H,26,31)(H,27,30). The first-order valence-electron chi connectivity index (χ1n) is 10.9. The molecule has 0 bridgehead atoms. The van der Waals surface area contributed by atoms with Gasteiger partial charge in [0, 0.05) is 12.2 Å². The minimum absolute atomic E-state index is 0.284. The number of carbonyl (C=O) groups is 3. The third-order valence-corrected chi connectivity index (χ3v) is 4.60. The third-order valence-electron chi connectivity index (χ3n) is 4.60. The lowest BCUT2D eigenvalue weighted by atomic mass is 10.0. The average molecular weight is 456 g/mol. The predicted molar refractivity (Wildman–Crippen MR) is 127 cm³/mol. The summed E-state index contributed by atoms with van der Waals surface area (Å²) >= 11 is 0. The summed E-state index contributed by atoms with van der Waals surface area (Å²) in [4.78, 5) is 40.0. The molecule has 0 aliphatic carbocycles. The van der Waals surface area contributed by atoms with Crippen molar-refractivity contribution in [3.05, 3.63) is 60.2 Å². The Morgan fingerprint density at radius 3 is 2.18 bits per heavy atom. The number of hydrogen-bond acceptors (Lipinski definition) is 5. The Labute approximate surface area is 195 Å². The number of nitrogens with zero attached hydrogens (tertiary/aromatic N) is 1. The second-order valence-electron chi connectivity index (χ2n) is 8.47. The molecule has 1 atom stereocenters. The van der Waals surface area contributed by atoms with Crippen LogP contribution in [0.1, 0.15) is 45.7 Å². The Kier molecular flexibility index (Phi) is 9.27. The molecule has 0 aliphatic rings. The molecule has 0 fully saturated rings. The monoisotopic (exact) mass is 455 g/mol. The van der Waals surface area contributed by atoms with Crippen LogP contribution in [0, 0.1) is 0 Å². The highest BCUT2D eigenvalue weighted by Gasteiger charge is 2.31. The highest BCUT2D eigenvalue weighted by molar-refractivity contribution is 5.98. The molecule has 0 heterocycles. The first-order valence-corrected chi connectivity index (χ1v) is 10.9. The summed E-state index contributed by atoms with van der Waals surface area (Å²) in [7, 11) is 1.57. The quantitative estimate of drug-likeness (QED) is 0.592. The number of alkyl carbamates (subject to hydrolysis) is 1. The van der Waals surface area contributed by atoms with E-state index in [1.807, 2.05) is 25.1 Å². The summed E-state index contributed by atoms with van der Waals surface area (Å²) in [6.07, 6.45) is -0.0524. The lowest BCUT2D eigenvalue weighted by molar-refractivity contribution is -0.138. The number of amides is 3. The van der Waals surface area contributed by atoms with Crippen LogP contribution in [0.5, 0.6) is 5.75 Å². The van der Waals surface area contributed by atoms with E-state index in [4.69, 9.17) is 9.47 Å². The van der Waals surface area contributed by atoms with Crippen molar-refractivity contribution in [1.82, 2.24) is 10.2 Å². The van der Waals surface area contributed by atoms with Gasteiger partial charge in [-0.3, -0.25) is 9.59 Å². The minimum Gasteiger partial charge on any atom is -0.497 e. The van der Waals surface area contributed by atoms with Gasteiger partial charge in [-0.25, -0.2) is 4.79 Å². The van der Waals surface area contributed by atoms with Crippen LogP contribution in [0.3, 0.4) is 0 Å². The van der Waals surface area contributed by atoms with Gasteiger partial charge in [-0.1, -0.05) is 37.3 Å². The summed E-state index contributed by atoms with van der Waals surface area (Å²) in [5, 5.41) is 5.37. The normalized spacial score (nSPS) is 11.8. The summed E-state index contributed by atoms with van der Waals surface area (Å²) < 4.78 is 10.4. The smallest absolute Gasteiger partial charge is 0.408 e. The van der Waals surface area contributed by atoms with Crippen molar-refractivity contribution in [2.45, 2.75) is 45.8 Å². The lowest BCUT2D eigenvalue weighted by Crippen LogP contribution is -2.46. The molecular formula is C25H33N3O5. The molecule has 2 aromatic carbocycles. The predicted octanol–water partition coefficient (Wildman–Crippen LogP) is 4.14. The van der Waals surface area contributed by atoms with Gasteiger partial charge in [0.2, 0.25) is 5.91 Å².